The lowest BCUT2D eigenvalue weighted by Gasteiger charge is -2.06. The van der Waals surface area contributed by atoms with E-state index in [2.05, 4.69) is 15.1 Å². The van der Waals surface area contributed by atoms with Crippen LogP contribution in [-0.2, 0) is 0 Å². The van der Waals surface area contributed by atoms with Crippen molar-refractivity contribution in [1.29, 1.82) is 5.41 Å². The third-order valence-electron chi connectivity index (χ3n) is 3.94. The van der Waals surface area contributed by atoms with Gasteiger partial charge >= 0.3 is 0 Å². The van der Waals surface area contributed by atoms with E-state index in [0.717, 1.165) is 29.1 Å². The van der Waals surface area contributed by atoms with E-state index >= 15 is 0 Å². The lowest BCUT2D eigenvalue weighted by molar-refractivity contribution is 0.578. The molecule has 0 aliphatic rings. The topological polar surface area (TPSA) is 71.8 Å². The zero-order valence-corrected chi connectivity index (χ0v) is 13.9. The second-order valence-corrected chi connectivity index (χ2v) is 5.73. The molecule has 0 radical (unpaired) electrons. The Labute approximate surface area is 154 Å². The van der Waals surface area contributed by atoms with E-state index in [0.29, 0.717) is 6.07 Å². The van der Waals surface area contributed by atoms with Gasteiger partial charge < -0.3 is 0 Å². The van der Waals surface area contributed by atoms with Crippen molar-refractivity contribution in [2.45, 2.75) is 0 Å². The number of hydrogen-bond acceptors (Lipinski definition) is 4. The van der Waals surface area contributed by atoms with E-state index in [1.54, 1.807) is 0 Å². The number of halogens is 4. The fourth-order valence-corrected chi connectivity index (χ4v) is 2.58. The summed E-state index contributed by atoms with van der Waals surface area (Å²) in [6.07, 6.45) is 3.53. The molecule has 10 heteroatoms. The first-order chi connectivity index (χ1) is 13.4. The summed E-state index contributed by atoms with van der Waals surface area (Å²) in [5.74, 6) is -3.06. The first kappa shape index (κ1) is 17.6. The number of fused-ring (bicyclic) bond motifs is 1. The summed E-state index contributed by atoms with van der Waals surface area (Å²) in [7, 11) is 0. The summed E-state index contributed by atoms with van der Waals surface area (Å²) in [5, 5.41) is 12.1. The van der Waals surface area contributed by atoms with Gasteiger partial charge in [0.1, 0.15) is 35.9 Å². The van der Waals surface area contributed by atoms with E-state index in [4.69, 9.17) is 5.41 Å². The third-order valence-corrected chi connectivity index (χ3v) is 3.94. The van der Waals surface area contributed by atoms with Gasteiger partial charge in [0.25, 0.3) is 0 Å². The fraction of sp³-hybridized carbons (Fsp3) is 0. The number of benzene rings is 2. The van der Waals surface area contributed by atoms with Crippen LogP contribution in [0.3, 0.4) is 0 Å². The molecule has 2 aromatic carbocycles. The molecule has 0 saturated carbocycles. The molecule has 1 N–H and O–H groups in total. The van der Waals surface area contributed by atoms with Crippen molar-refractivity contribution in [2.24, 2.45) is 5.10 Å². The molecule has 0 unspecified atom stereocenters. The molecule has 0 atom stereocenters. The van der Waals surface area contributed by atoms with Crippen LogP contribution in [0.15, 0.2) is 54.2 Å². The van der Waals surface area contributed by atoms with Gasteiger partial charge in [-0.15, -0.1) is 0 Å². The van der Waals surface area contributed by atoms with Crippen LogP contribution in [0.25, 0.3) is 16.9 Å². The normalized spacial score (nSPS) is 11.6. The van der Waals surface area contributed by atoms with Gasteiger partial charge in [-0.05, 0) is 24.3 Å². The van der Waals surface area contributed by atoms with Gasteiger partial charge in [0.2, 0.25) is 0 Å². The number of imidazole rings is 1. The maximum atomic E-state index is 14.0. The standard InChI is InChI=1S/C18H10F4N6/c19-11-2-1-10(13(21)5-11)7-26-28-9-25-18-16(17(28)23)24-8-27(18)15-4-3-12(20)6-14(15)22/h1-9,23H/b23-17?,26-7-. The summed E-state index contributed by atoms with van der Waals surface area (Å²) < 4.78 is 56.1. The number of rotatable bonds is 3. The van der Waals surface area contributed by atoms with Crippen molar-refractivity contribution < 1.29 is 17.6 Å². The molecular weight excluding hydrogens is 376 g/mol. The lowest BCUT2D eigenvalue weighted by Crippen LogP contribution is -2.18. The second kappa shape index (κ2) is 6.72. The zero-order chi connectivity index (χ0) is 19.8. The van der Waals surface area contributed by atoms with Gasteiger partial charge in [0, 0.05) is 17.7 Å². The van der Waals surface area contributed by atoms with E-state index < -0.39 is 23.3 Å². The average Bonchev–Trinajstić information content (AvgIpc) is 3.07. The summed E-state index contributed by atoms with van der Waals surface area (Å²) in [4.78, 5) is 8.14. The Morgan fingerprint density at radius 2 is 1.61 bits per heavy atom. The minimum Gasteiger partial charge on any atom is -0.281 e. The SMILES string of the molecule is N=c1c2ncn(-c3ccc(F)cc3F)c2ncn1/N=C\c1ccc(F)cc1F. The molecule has 0 amide bonds. The Morgan fingerprint density at radius 1 is 0.893 bits per heavy atom. The van der Waals surface area contributed by atoms with E-state index in [1.807, 2.05) is 0 Å². The molecule has 6 nitrogen and oxygen atoms in total. The summed E-state index contributed by atoms with van der Waals surface area (Å²) >= 11 is 0. The monoisotopic (exact) mass is 386 g/mol. The van der Waals surface area contributed by atoms with Crippen LogP contribution in [0.4, 0.5) is 17.6 Å². The molecule has 28 heavy (non-hydrogen) atoms. The van der Waals surface area contributed by atoms with Crippen molar-refractivity contribution in [3.63, 3.8) is 0 Å². The molecule has 140 valence electrons. The molecule has 0 aliphatic heterocycles. The predicted molar refractivity (Wildman–Crippen MR) is 92.0 cm³/mol. The Morgan fingerprint density at radius 3 is 2.32 bits per heavy atom. The molecular formula is C18H10F4N6. The van der Waals surface area contributed by atoms with Crippen LogP contribution < -0.4 is 5.49 Å². The highest BCUT2D eigenvalue weighted by Gasteiger charge is 2.13. The van der Waals surface area contributed by atoms with Crippen molar-refractivity contribution in [3.05, 3.63) is 83.4 Å². The third kappa shape index (κ3) is 3.04. The predicted octanol–water partition coefficient (Wildman–Crippen LogP) is 3.14. The molecule has 0 saturated heterocycles. The molecule has 0 spiro atoms. The van der Waals surface area contributed by atoms with Crippen LogP contribution in [0.5, 0.6) is 0 Å². The van der Waals surface area contributed by atoms with Gasteiger partial charge in [-0.25, -0.2) is 32.2 Å². The van der Waals surface area contributed by atoms with Gasteiger partial charge in [0.15, 0.2) is 16.7 Å². The molecule has 2 aromatic heterocycles. The highest BCUT2D eigenvalue weighted by atomic mass is 19.1. The van der Waals surface area contributed by atoms with Crippen LogP contribution in [0.2, 0.25) is 0 Å². The molecule has 2 heterocycles. The maximum Gasteiger partial charge on any atom is 0.177 e. The molecule has 4 rings (SSSR count). The van der Waals surface area contributed by atoms with Crippen molar-refractivity contribution in [2.75, 3.05) is 0 Å². The Hall–Kier alpha value is -3.82. The quantitative estimate of drug-likeness (QED) is 0.434. The van der Waals surface area contributed by atoms with Crippen LogP contribution in [0.1, 0.15) is 5.56 Å². The highest BCUT2D eigenvalue weighted by molar-refractivity contribution is 5.80. The van der Waals surface area contributed by atoms with Crippen LogP contribution in [0, 0.1) is 28.7 Å². The first-order valence-electron chi connectivity index (χ1n) is 7.88. The number of nitrogens with one attached hydrogen (secondary N) is 1. The largest absolute Gasteiger partial charge is 0.281 e. The minimum atomic E-state index is -0.811. The molecule has 0 bridgehead atoms. The second-order valence-electron chi connectivity index (χ2n) is 5.73. The van der Waals surface area contributed by atoms with Gasteiger partial charge in [-0.3, -0.25) is 9.98 Å². The number of hydrogen-bond donors (Lipinski definition) is 1. The molecule has 0 fully saturated rings. The summed E-state index contributed by atoms with van der Waals surface area (Å²) in [5.41, 5.74) is 0.112. The molecule has 4 aromatic rings. The van der Waals surface area contributed by atoms with Crippen molar-refractivity contribution in [1.82, 2.24) is 19.2 Å². The van der Waals surface area contributed by atoms with Gasteiger partial charge in [-0.1, -0.05) is 0 Å². The first-order valence-corrected chi connectivity index (χ1v) is 7.88. The van der Waals surface area contributed by atoms with E-state index in [1.165, 1.54) is 29.4 Å². The smallest absolute Gasteiger partial charge is 0.177 e. The lowest BCUT2D eigenvalue weighted by atomic mass is 10.2. The summed E-state index contributed by atoms with van der Waals surface area (Å²) in [6, 6.07) is 6.05. The summed E-state index contributed by atoms with van der Waals surface area (Å²) in [6.45, 7) is 0. The number of nitrogens with zero attached hydrogens (tertiary/aromatic N) is 5. The highest BCUT2D eigenvalue weighted by Crippen LogP contribution is 2.18. The maximum absolute atomic E-state index is 14.0. The minimum absolute atomic E-state index is 0.0189. The van der Waals surface area contributed by atoms with Crippen LogP contribution >= 0.6 is 0 Å². The van der Waals surface area contributed by atoms with E-state index in [9.17, 15) is 17.6 Å². The molecule has 0 aliphatic carbocycles. The zero-order valence-electron chi connectivity index (χ0n) is 13.9. The van der Waals surface area contributed by atoms with Gasteiger partial charge in [-0.2, -0.15) is 5.10 Å². The Bertz CT molecular complexity index is 1290. The Kier molecular flexibility index (Phi) is 4.22. The van der Waals surface area contributed by atoms with Crippen molar-refractivity contribution >= 4 is 17.4 Å². The number of aromatic nitrogens is 4. The van der Waals surface area contributed by atoms with E-state index in [-0.39, 0.29) is 27.9 Å². The Balaban J connectivity index is 1.76. The average molecular weight is 386 g/mol. The van der Waals surface area contributed by atoms with Crippen LogP contribution in [-0.4, -0.2) is 25.4 Å². The van der Waals surface area contributed by atoms with Gasteiger partial charge in [0.05, 0.1) is 11.9 Å². The van der Waals surface area contributed by atoms with Crippen molar-refractivity contribution in [3.8, 4) is 5.69 Å². The fourth-order valence-electron chi connectivity index (χ4n) is 2.58.